The van der Waals surface area contributed by atoms with E-state index in [4.69, 9.17) is 0 Å². The Morgan fingerprint density at radius 3 is 2.56 bits per heavy atom. The summed E-state index contributed by atoms with van der Waals surface area (Å²) in [5.74, 6) is 0.903. The van der Waals surface area contributed by atoms with Gasteiger partial charge in [-0.1, -0.05) is 55.5 Å². The van der Waals surface area contributed by atoms with Crippen LogP contribution >= 0.6 is 0 Å². The van der Waals surface area contributed by atoms with Crippen molar-refractivity contribution in [3.63, 3.8) is 0 Å². The fourth-order valence-electron chi connectivity index (χ4n) is 2.97. The molecule has 1 aromatic carbocycles. The maximum atomic E-state index is 3.72. The van der Waals surface area contributed by atoms with Gasteiger partial charge in [0.1, 0.15) is 0 Å². The van der Waals surface area contributed by atoms with Crippen LogP contribution in [0.1, 0.15) is 62.6 Å². The zero-order chi connectivity index (χ0) is 12.8. The number of benzene rings is 1. The minimum atomic E-state index is 0.480. The highest BCUT2D eigenvalue weighted by molar-refractivity contribution is 5.24. The largest absolute Gasteiger partial charge is 0.310 e. The van der Waals surface area contributed by atoms with Crippen molar-refractivity contribution in [1.29, 1.82) is 0 Å². The van der Waals surface area contributed by atoms with Crippen LogP contribution in [0.4, 0.5) is 0 Å². The van der Waals surface area contributed by atoms with E-state index in [1.807, 2.05) is 0 Å². The molecule has 100 valence electrons. The summed E-state index contributed by atoms with van der Waals surface area (Å²) in [6.45, 7) is 5.64. The van der Waals surface area contributed by atoms with Crippen molar-refractivity contribution in [3.8, 4) is 0 Å². The minimum Gasteiger partial charge on any atom is -0.310 e. The van der Waals surface area contributed by atoms with E-state index in [0.29, 0.717) is 6.04 Å². The van der Waals surface area contributed by atoms with E-state index in [9.17, 15) is 0 Å². The Hall–Kier alpha value is -0.820. The lowest BCUT2D eigenvalue weighted by molar-refractivity contribution is 0.403. The molecule has 1 aliphatic rings. The van der Waals surface area contributed by atoms with Crippen molar-refractivity contribution in [2.45, 2.75) is 58.4 Å². The van der Waals surface area contributed by atoms with Crippen LogP contribution < -0.4 is 5.32 Å². The first kappa shape index (κ1) is 13.6. The molecule has 0 bridgehead atoms. The van der Waals surface area contributed by atoms with Gasteiger partial charge in [-0.3, -0.25) is 0 Å². The third-order valence-corrected chi connectivity index (χ3v) is 4.23. The third-order valence-electron chi connectivity index (χ3n) is 4.23. The average molecular weight is 245 g/mol. The van der Waals surface area contributed by atoms with Crippen LogP contribution in [-0.4, -0.2) is 6.54 Å². The van der Waals surface area contributed by atoms with E-state index in [0.717, 1.165) is 5.92 Å². The van der Waals surface area contributed by atoms with E-state index in [1.54, 1.807) is 0 Å². The molecule has 0 aromatic heterocycles. The Kier molecular flexibility index (Phi) is 5.25. The van der Waals surface area contributed by atoms with E-state index < -0.39 is 0 Å². The molecule has 1 heteroatoms. The summed E-state index contributed by atoms with van der Waals surface area (Å²) in [7, 11) is 0. The van der Waals surface area contributed by atoms with Gasteiger partial charge in [0.05, 0.1) is 0 Å². The highest BCUT2D eigenvalue weighted by Gasteiger charge is 2.13. The molecule has 18 heavy (non-hydrogen) atoms. The summed E-state index contributed by atoms with van der Waals surface area (Å²) < 4.78 is 0. The van der Waals surface area contributed by atoms with Gasteiger partial charge in [0.25, 0.3) is 0 Å². The van der Waals surface area contributed by atoms with Crippen LogP contribution in [0.2, 0.25) is 0 Å². The molecule has 1 saturated carbocycles. The molecule has 1 fully saturated rings. The Morgan fingerprint density at radius 1 is 1.17 bits per heavy atom. The second-order valence-electron chi connectivity index (χ2n) is 5.90. The molecule has 0 radical (unpaired) electrons. The molecule has 1 N–H and O–H groups in total. The van der Waals surface area contributed by atoms with E-state index >= 15 is 0 Å². The van der Waals surface area contributed by atoms with E-state index in [2.05, 4.69) is 43.4 Å². The van der Waals surface area contributed by atoms with E-state index in [1.165, 1.54) is 56.2 Å². The second-order valence-corrected chi connectivity index (χ2v) is 5.90. The summed E-state index contributed by atoms with van der Waals surface area (Å²) in [4.78, 5) is 0. The zero-order valence-corrected chi connectivity index (χ0v) is 11.9. The Labute approximate surface area is 112 Å². The number of aryl methyl sites for hydroxylation is 1. The number of hydrogen-bond acceptors (Lipinski definition) is 1. The smallest absolute Gasteiger partial charge is 0.0292 e. The van der Waals surface area contributed by atoms with Gasteiger partial charge < -0.3 is 5.32 Å². The summed E-state index contributed by atoms with van der Waals surface area (Å²) in [5.41, 5.74) is 2.78. The fraction of sp³-hybridized carbons (Fsp3) is 0.647. The van der Waals surface area contributed by atoms with Crippen LogP contribution in [0, 0.1) is 12.8 Å². The number of nitrogens with one attached hydrogen (secondary N) is 1. The summed E-state index contributed by atoms with van der Waals surface area (Å²) in [6, 6.07) is 9.34. The maximum absolute atomic E-state index is 3.72. The van der Waals surface area contributed by atoms with Gasteiger partial charge in [-0.05, 0) is 44.7 Å². The quantitative estimate of drug-likeness (QED) is 0.763. The van der Waals surface area contributed by atoms with Crippen molar-refractivity contribution in [2.24, 2.45) is 5.92 Å². The van der Waals surface area contributed by atoms with Crippen LogP contribution in [0.3, 0.4) is 0 Å². The second kappa shape index (κ2) is 6.94. The van der Waals surface area contributed by atoms with Gasteiger partial charge in [0, 0.05) is 6.04 Å². The lowest BCUT2D eigenvalue weighted by atomic mass is 9.99. The maximum Gasteiger partial charge on any atom is 0.0292 e. The topological polar surface area (TPSA) is 12.0 Å². The van der Waals surface area contributed by atoms with Crippen molar-refractivity contribution >= 4 is 0 Å². The van der Waals surface area contributed by atoms with E-state index in [-0.39, 0.29) is 0 Å². The van der Waals surface area contributed by atoms with Crippen molar-refractivity contribution in [3.05, 3.63) is 35.4 Å². The van der Waals surface area contributed by atoms with Crippen LogP contribution in [0.5, 0.6) is 0 Å². The SMILES string of the molecule is Cc1cccc([C@@H](C)NCC2CCCCCC2)c1. The van der Waals surface area contributed by atoms with Gasteiger partial charge in [0.15, 0.2) is 0 Å². The highest BCUT2D eigenvalue weighted by atomic mass is 14.9. The molecule has 0 amide bonds. The molecule has 1 aliphatic carbocycles. The molecular weight excluding hydrogens is 218 g/mol. The molecule has 0 unspecified atom stereocenters. The monoisotopic (exact) mass is 245 g/mol. The van der Waals surface area contributed by atoms with Gasteiger partial charge >= 0.3 is 0 Å². The first-order valence-corrected chi connectivity index (χ1v) is 7.55. The van der Waals surface area contributed by atoms with Gasteiger partial charge in [-0.2, -0.15) is 0 Å². The summed E-state index contributed by atoms with van der Waals surface area (Å²) in [5, 5.41) is 3.72. The number of rotatable bonds is 4. The predicted octanol–water partition coefficient (Wildman–Crippen LogP) is 4.62. The molecule has 0 heterocycles. The predicted molar refractivity (Wildman–Crippen MR) is 78.8 cm³/mol. The van der Waals surface area contributed by atoms with Crippen molar-refractivity contribution in [2.75, 3.05) is 6.54 Å². The lowest BCUT2D eigenvalue weighted by Crippen LogP contribution is -2.25. The molecule has 1 nitrogen and oxygen atoms in total. The first-order chi connectivity index (χ1) is 8.75. The Balaban J connectivity index is 1.82. The normalized spacial score (nSPS) is 19.4. The Bertz CT molecular complexity index is 350. The Morgan fingerprint density at radius 2 is 1.89 bits per heavy atom. The van der Waals surface area contributed by atoms with Crippen molar-refractivity contribution in [1.82, 2.24) is 5.32 Å². The van der Waals surface area contributed by atoms with Gasteiger partial charge in [0.2, 0.25) is 0 Å². The lowest BCUT2D eigenvalue weighted by Gasteiger charge is -2.20. The molecule has 2 rings (SSSR count). The highest BCUT2D eigenvalue weighted by Crippen LogP contribution is 2.23. The molecule has 0 saturated heterocycles. The van der Waals surface area contributed by atoms with Crippen LogP contribution in [0.15, 0.2) is 24.3 Å². The van der Waals surface area contributed by atoms with Gasteiger partial charge in [-0.15, -0.1) is 0 Å². The number of hydrogen-bond donors (Lipinski definition) is 1. The molecule has 0 aliphatic heterocycles. The van der Waals surface area contributed by atoms with Crippen molar-refractivity contribution < 1.29 is 0 Å². The standard InChI is InChI=1S/C17H27N/c1-14-8-7-11-17(12-14)15(2)18-13-16-9-5-3-4-6-10-16/h7-8,11-12,15-16,18H,3-6,9-10,13H2,1-2H3/t15-/m1/s1. The molecular formula is C17H27N. The molecule has 1 aromatic rings. The fourth-order valence-corrected chi connectivity index (χ4v) is 2.97. The van der Waals surface area contributed by atoms with Crippen LogP contribution in [0.25, 0.3) is 0 Å². The summed E-state index contributed by atoms with van der Waals surface area (Å²) >= 11 is 0. The van der Waals surface area contributed by atoms with Crippen LogP contribution in [-0.2, 0) is 0 Å². The summed E-state index contributed by atoms with van der Waals surface area (Å²) in [6.07, 6.45) is 8.62. The average Bonchev–Trinajstić information content (AvgIpc) is 2.64. The molecule has 1 atom stereocenters. The molecule has 0 spiro atoms. The third kappa shape index (κ3) is 4.13. The first-order valence-electron chi connectivity index (χ1n) is 7.55. The zero-order valence-electron chi connectivity index (χ0n) is 11.9. The van der Waals surface area contributed by atoms with Gasteiger partial charge in [-0.25, -0.2) is 0 Å². The minimum absolute atomic E-state index is 0.480.